The van der Waals surface area contributed by atoms with E-state index in [0.717, 1.165) is 22.0 Å². The van der Waals surface area contributed by atoms with Crippen molar-refractivity contribution in [2.75, 3.05) is 6.79 Å². The smallest absolute Gasteiger partial charge is 0.338 e. The lowest BCUT2D eigenvalue weighted by Crippen LogP contribution is -2.38. The molecule has 0 unspecified atom stereocenters. The number of allylic oxidation sites excluding steroid dienone is 1. The summed E-state index contributed by atoms with van der Waals surface area (Å²) >= 11 is 1.45. The molecule has 1 N–H and O–H groups in total. The average Bonchev–Trinajstić information content (AvgIpc) is 3.48. The van der Waals surface area contributed by atoms with Crippen molar-refractivity contribution >= 4 is 28.8 Å². The molecule has 3 aliphatic heterocycles. The molecule has 186 valence electrons. The number of ether oxygens (including phenoxy) is 3. The van der Waals surface area contributed by atoms with Crippen LogP contribution in [0.25, 0.3) is 0 Å². The Bertz CT molecular complexity index is 1290. The Balaban J connectivity index is 1.35. The van der Waals surface area contributed by atoms with Crippen molar-refractivity contribution < 1.29 is 23.8 Å². The first-order valence-electron chi connectivity index (χ1n) is 11.8. The molecule has 0 spiro atoms. The lowest BCUT2D eigenvalue weighted by Gasteiger charge is -2.36. The molecule has 0 aliphatic carbocycles. The molecule has 0 saturated heterocycles. The molecule has 0 aromatic heterocycles. The van der Waals surface area contributed by atoms with Gasteiger partial charge < -0.3 is 24.4 Å². The van der Waals surface area contributed by atoms with Crippen LogP contribution in [0.3, 0.4) is 0 Å². The summed E-state index contributed by atoms with van der Waals surface area (Å²) in [6.45, 7) is 6.05. The summed E-state index contributed by atoms with van der Waals surface area (Å²) in [5, 5.41) is 5.65. The first kappa shape index (κ1) is 24.0. The number of rotatable bonds is 7. The fourth-order valence-corrected chi connectivity index (χ4v) is 5.30. The van der Waals surface area contributed by atoms with E-state index in [2.05, 4.69) is 10.3 Å². The van der Waals surface area contributed by atoms with Crippen molar-refractivity contribution in [1.82, 2.24) is 10.2 Å². The summed E-state index contributed by atoms with van der Waals surface area (Å²) in [5.74, 6) is 0.851. The number of hydrogen-bond acceptors (Lipinski definition) is 8. The number of nitrogens with one attached hydrogen (secondary N) is 1. The molecule has 5 rings (SSSR count). The Morgan fingerprint density at radius 3 is 2.72 bits per heavy atom. The highest BCUT2D eigenvalue weighted by Crippen LogP contribution is 2.44. The van der Waals surface area contributed by atoms with E-state index in [1.54, 1.807) is 0 Å². The van der Waals surface area contributed by atoms with Crippen molar-refractivity contribution in [1.29, 1.82) is 0 Å². The molecule has 36 heavy (non-hydrogen) atoms. The van der Waals surface area contributed by atoms with E-state index < -0.39 is 12.0 Å². The SMILES string of the molecule is CC1=C(C(=O)OC(C)C)[C@@H](c2ccccc2)N2C(CC(=O)NCc3ccc4c(c3)OCO4)=CSC2=N1. The lowest BCUT2D eigenvalue weighted by atomic mass is 9.94. The van der Waals surface area contributed by atoms with Crippen molar-refractivity contribution in [3.63, 3.8) is 0 Å². The Morgan fingerprint density at radius 2 is 1.94 bits per heavy atom. The third-order valence-corrected chi connectivity index (χ3v) is 6.84. The lowest BCUT2D eigenvalue weighted by molar-refractivity contribution is -0.143. The Labute approximate surface area is 214 Å². The minimum atomic E-state index is -0.437. The van der Waals surface area contributed by atoms with Crippen LogP contribution < -0.4 is 14.8 Å². The van der Waals surface area contributed by atoms with E-state index in [1.807, 2.05) is 79.6 Å². The Hall–Kier alpha value is -3.72. The van der Waals surface area contributed by atoms with Gasteiger partial charge in [-0.3, -0.25) is 4.79 Å². The number of carbonyl (C=O) groups excluding carboxylic acids is 2. The molecular formula is C27H27N3O5S. The Kier molecular flexibility index (Phi) is 6.73. The van der Waals surface area contributed by atoms with Gasteiger partial charge in [0.25, 0.3) is 0 Å². The molecule has 1 atom stereocenters. The van der Waals surface area contributed by atoms with Crippen molar-refractivity contribution in [3.05, 3.63) is 82.0 Å². The predicted molar refractivity (Wildman–Crippen MR) is 137 cm³/mol. The molecule has 0 fully saturated rings. The minimum Gasteiger partial charge on any atom is -0.459 e. The molecule has 9 heteroatoms. The van der Waals surface area contributed by atoms with E-state index >= 15 is 0 Å². The van der Waals surface area contributed by atoms with Gasteiger partial charge in [0.1, 0.15) is 0 Å². The van der Waals surface area contributed by atoms with Gasteiger partial charge in [0.2, 0.25) is 12.7 Å². The number of benzene rings is 2. The molecule has 0 radical (unpaired) electrons. The molecule has 3 heterocycles. The highest BCUT2D eigenvalue weighted by molar-refractivity contribution is 8.16. The molecular weight excluding hydrogens is 478 g/mol. The van der Waals surface area contributed by atoms with Gasteiger partial charge in [-0.25, -0.2) is 9.79 Å². The molecule has 3 aliphatic rings. The fourth-order valence-electron chi connectivity index (χ4n) is 4.34. The van der Waals surface area contributed by atoms with Crippen LogP contribution in [-0.4, -0.2) is 34.8 Å². The van der Waals surface area contributed by atoms with E-state index in [0.29, 0.717) is 29.3 Å². The number of hydrogen-bond donors (Lipinski definition) is 1. The van der Waals surface area contributed by atoms with Crippen LogP contribution in [0.4, 0.5) is 0 Å². The largest absolute Gasteiger partial charge is 0.459 e. The van der Waals surface area contributed by atoms with Gasteiger partial charge in [-0.2, -0.15) is 0 Å². The normalized spacial score (nSPS) is 18.1. The fraction of sp³-hybridized carbons (Fsp3) is 0.296. The second-order valence-electron chi connectivity index (χ2n) is 8.90. The summed E-state index contributed by atoms with van der Waals surface area (Å²) < 4.78 is 16.3. The second kappa shape index (κ2) is 10.1. The third-order valence-electron chi connectivity index (χ3n) is 5.95. The van der Waals surface area contributed by atoms with Gasteiger partial charge in [0.05, 0.1) is 29.8 Å². The van der Waals surface area contributed by atoms with Gasteiger partial charge in [-0.1, -0.05) is 48.2 Å². The second-order valence-corrected chi connectivity index (χ2v) is 9.74. The Morgan fingerprint density at radius 1 is 1.17 bits per heavy atom. The van der Waals surface area contributed by atoms with Crippen LogP contribution in [0.15, 0.2) is 75.9 Å². The summed E-state index contributed by atoms with van der Waals surface area (Å²) in [4.78, 5) is 32.8. The first-order chi connectivity index (χ1) is 17.4. The highest BCUT2D eigenvalue weighted by atomic mass is 32.2. The number of esters is 1. The van der Waals surface area contributed by atoms with Gasteiger partial charge in [-0.05, 0) is 49.4 Å². The topological polar surface area (TPSA) is 89.5 Å². The molecule has 1 amide bonds. The summed E-state index contributed by atoms with van der Waals surface area (Å²) in [5.41, 5.74) is 3.72. The maximum Gasteiger partial charge on any atom is 0.338 e. The summed E-state index contributed by atoms with van der Waals surface area (Å²) in [6, 6.07) is 14.9. The van der Waals surface area contributed by atoms with Gasteiger partial charge in [0, 0.05) is 12.2 Å². The van der Waals surface area contributed by atoms with Crippen molar-refractivity contribution in [2.45, 2.75) is 45.9 Å². The zero-order chi connectivity index (χ0) is 25.2. The maximum absolute atomic E-state index is 13.2. The van der Waals surface area contributed by atoms with Crippen LogP contribution in [0.1, 0.15) is 44.4 Å². The number of amides is 1. The van der Waals surface area contributed by atoms with Crippen LogP contribution >= 0.6 is 11.8 Å². The number of fused-ring (bicyclic) bond motifs is 2. The molecule has 0 saturated carbocycles. The van der Waals surface area contributed by atoms with E-state index in [1.165, 1.54) is 11.8 Å². The summed E-state index contributed by atoms with van der Waals surface area (Å²) in [7, 11) is 0. The first-order valence-corrected chi connectivity index (χ1v) is 12.6. The van der Waals surface area contributed by atoms with Gasteiger partial charge >= 0.3 is 5.97 Å². The molecule has 2 aromatic rings. The van der Waals surface area contributed by atoms with Crippen molar-refractivity contribution in [3.8, 4) is 11.5 Å². The number of aliphatic imine (C=N–C) groups is 1. The number of amidine groups is 1. The zero-order valence-corrected chi connectivity index (χ0v) is 21.1. The highest BCUT2D eigenvalue weighted by Gasteiger charge is 2.41. The van der Waals surface area contributed by atoms with E-state index in [-0.39, 0.29) is 25.2 Å². The number of carbonyl (C=O) groups is 2. The monoisotopic (exact) mass is 505 g/mol. The van der Waals surface area contributed by atoms with Gasteiger partial charge in [0.15, 0.2) is 16.7 Å². The zero-order valence-electron chi connectivity index (χ0n) is 20.3. The van der Waals surface area contributed by atoms with Crippen LogP contribution in [0, 0.1) is 0 Å². The average molecular weight is 506 g/mol. The minimum absolute atomic E-state index is 0.134. The van der Waals surface area contributed by atoms with E-state index in [4.69, 9.17) is 14.2 Å². The third kappa shape index (κ3) is 4.83. The molecule has 0 bridgehead atoms. The van der Waals surface area contributed by atoms with Crippen LogP contribution in [0.5, 0.6) is 11.5 Å². The predicted octanol–water partition coefficient (Wildman–Crippen LogP) is 4.65. The van der Waals surface area contributed by atoms with E-state index in [9.17, 15) is 9.59 Å². The van der Waals surface area contributed by atoms with Crippen molar-refractivity contribution in [2.24, 2.45) is 4.99 Å². The van der Waals surface area contributed by atoms with Crippen LogP contribution in [-0.2, 0) is 20.9 Å². The number of nitrogens with zero attached hydrogens (tertiary/aromatic N) is 2. The quantitative estimate of drug-likeness (QED) is 0.548. The van der Waals surface area contributed by atoms with Gasteiger partial charge in [-0.15, -0.1) is 0 Å². The number of thioether (sulfide) groups is 1. The standard InChI is InChI=1S/C27H27N3O5S/c1-16(2)35-26(32)24-17(3)29-27-30(25(24)19-7-5-4-6-8-19)20(14-36-27)12-23(31)28-13-18-9-10-21-22(11-18)34-15-33-21/h4-11,14,16,25H,12-13,15H2,1-3H3,(H,28,31)/t25-/m1/s1. The molecule has 2 aromatic carbocycles. The molecule has 8 nitrogen and oxygen atoms in total. The maximum atomic E-state index is 13.2. The summed E-state index contributed by atoms with van der Waals surface area (Å²) in [6.07, 6.45) is -0.115. The van der Waals surface area contributed by atoms with Crippen LogP contribution in [0.2, 0.25) is 0 Å².